The van der Waals surface area contributed by atoms with Crippen LogP contribution in [0.2, 0.25) is 0 Å². The van der Waals surface area contributed by atoms with E-state index in [9.17, 15) is 27.9 Å². The van der Waals surface area contributed by atoms with Gasteiger partial charge in [0.05, 0.1) is 6.42 Å². The van der Waals surface area contributed by atoms with Gasteiger partial charge in [0.15, 0.2) is 0 Å². The molecule has 0 fully saturated rings. The van der Waals surface area contributed by atoms with Gasteiger partial charge in [-0.2, -0.15) is 13.2 Å². The molecule has 1 aromatic carbocycles. The molecule has 0 spiro atoms. The van der Waals surface area contributed by atoms with Crippen LogP contribution in [-0.2, 0) is 16.0 Å². The van der Waals surface area contributed by atoms with Gasteiger partial charge in [-0.1, -0.05) is 18.2 Å². The summed E-state index contributed by atoms with van der Waals surface area (Å²) < 4.78 is 35.7. The van der Waals surface area contributed by atoms with Crippen molar-refractivity contribution in [1.29, 1.82) is 0 Å². The molecule has 19 heavy (non-hydrogen) atoms. The fraction of sp³-hybridized carbons (Fsp3) is 0.333. The Morgan fingerprint density at radius 2 is 1.84 bits per heavy atom. The van der Waals surface area contributed by atoms with Gasteiger partial charge in [-0.3, -0.25) is 9.59 Å². The third kappa shape index (κ3) is 4.99. The number of hydrogen-bond acceptors (Lipinski definition) is 3. The summed E-state index contributed by atoms with van der Waals surface area (Å²) in [6.45, 7) is 0.0432. The third-order valence-electron chi connectivity index (χ3n) is 2.35. The Kier molecular flexibility index (Phi) is 4.91. The van der Waals surface area contributed by atoms with Crippen molar-refractivity contribution in [3.8, 4) is 5.75 Å². The quantitative estimate of drug-likeness (QED) is 0.802. The lowest BCUT2D eigenvalue weighted by Gasteiger charge is -2.07. The zero-order chi connectivity index (χ0) is 14.5. The molecule has 2 N–H and O–H groups in total. The fourth-order valence-electron chi connectivity index (χ4n) is 1.37. The first kappa shape index (κ1) is 15.0. The fourth-order valence-corrected chi connectivity index (χ4v) is 1.37. The first-order valence-electron chi connectivity index (χ1n) is 5.44. The van der Waals surface area contributed by atoms with Gasteiger partial charge in [0.1, 0.15) is 5.75 Å². The number of Topliss-reactive ketones (excluding diaryl/α,β-unsaturated/α-hetero) is 1. The lowest BCUT2D eigenvalue weighted by atomic mass is 10.1. The highest BCUT2D eigenvalue weighted by Crippen LogP contribution is 2.18. The molecule has 0 atom stereocenters. The number of carbonyl (C=O) groups excluding carboxylic acids is 2. The molecule has 104 valence electrons. The van der Waals surface area contributed by atoms with Gasteiger partial charge in [0.25, 0.3) is 0 Å². The smallest absolute Gasteiger partial charge is 0.450 e. The van der Waals surface area contributed by atoms with Gasteiger partial charge >= 0.3 is 6.18 Å². The second kappa shape index (κ2) is 6.21. The zero-order valence-corrected chi connectivity index (χ0v) is 9.83. The Balaban J connectivity index is 2.36. The predicted molar refractivity (Wildman–Crippen MR) is 60.5 cm³/mol. The molecule has 1 amide bonds. The zero-order valence-electron chi connectivity index (χ0n) is 9.83. The topological polar surface area (TPSA) is 66.4 Å². The number of phenols is 1. The summed E-state index contributed by atoms with van der Waals surface area (Å²) in [5.41, 5.74) is 0.560. The van der Waals surface area contributed by atoms with Crippen LogP contribution in [-0.4, -0.2) is 29.5 Å². The van der Waals surface area contributed by atoms with E-state index in [1.54, 1.807) is 18.2 Å². The van der Waals surface area contributed by atoms with Gasteiger partial charge in [0.2, 0.25) is 11.7 Å². The average molecular weight is 275 g/mol. The molecule has 4 nitrogen and oxygen atoms in total. The summed E-state index contributed by atoms with van der Waals surface area (Å²) in [5, 5.41) is 11.6. The number of hydrogen-bond donors (Lipinski definition) is 2. The Labute approximate surface area is 107 Å². The number of alkyl halides is 3. The standard InChI is InChI=1S/C12H12F3NO3/c13-12(14,15)10(18)7-11(19)16-6-5-8-3-1-2-4-9(8)17/h1-4,17H,5-7H2,(H,16,19). The van der Waals surface area contributed by atoms with E-state index in [1.807, 2.05) is 0 Å². The number of nitrogens with one attached hydrogen (secondary N) is 1. The van der Waals surface area contributed by atoms with Crippen LogP contribution in [0.25, 0.3) is 0 Å². The number of benzene rings is 1. The van der Waals surface area contributed by atoms with Crippen LogP contribution in [0.4, 0.5) is 13.2 Å². The molecule has 0 saturated heterocycles. The first-order chi connectivity index (χ1) is 8.80. The molecule has 0 aliphatic rings. The lowest BCUT2D eigenvalue weighted by Crippen LogP contribution is -2.32. The van der Waals surface area contributed by atoms with Crippen molar-refractivity contribution in [2.75, 3.05) is 6.54 Å². The largest absolute Gasteiger partial charge is 0.508 e. The van der Waals surface area contributed by atoms with E-state index >= 15 is 0 Å². The van der Waals surface area contributed by atoms with Gasteiger partial charge in [0, 0.05) is 6.54 Å². The van der Waals surface area contributed by atoms with E-state index in [2.05, 4.69) is 5.32 Å². The van der Waals surface area contributed by atoms with Gasteiger partial charge < -0.3 is 10.4 Å². The Morgan fingerprint density at radius 3 is 2.42 bits per heavy atom. The SMILES string of the molecule is O=C(CC(=O)C(F)(F)F)NCCc1ccccc1O. The van der Waals surface area contributed by atoms with Crippen LogP contribution in [0, 0.1) is 0 Å². The van der Waals surface area contributed by atoms with Crippen LogP contribution in [0.15, 0.2) is 24.3 Å². The maximum Gasteiger partial charge on any atom is 0.450 e. The number of ketones is 1. The molecule has 0 heterocycles. The van der Waals surface area contributed by atoms with E-state index in [-0.39, 0.29) is 18.7 Å². The van der Waals surface area contributed by atoms with Crippen LogP contribution >= 0.6 is 0 Å². The van der Waals surface area contributed by atoms with Crippen molar-refractivity contribution >= 4 is 11.7 Å². The minimum atomic E-state index is -4.99. The Bertz CT molecular complexity index is 472. The molecule has 0 aliphatic heterocycles. The molecule has 0 aromatic heterocycles. The van der Waals surface area contributed by atoms with Gasteiger partial charge in [-0.15, -0.1) is 0 Å². The maximum absolute atomic E-state index is 11.9. The monoisotopic (exact) mass is 275 g/mol. The second-order valence-corrected chi connectivity index (χ2v) is 3.83. The van der Waals surface area contributed by atoms with Crippen LogP contribution < -0.4 is 5.32 Å². The summed E-state index contributed by atoms with van der Waals surface area (Å²) in [5.74, 6) is -3.02. The number of aromatic hydroxyl groups is 1. The molecule has 0 unspecified atom stereocenters. The molecule has 7 heteroatoms. The van der Waals surface area contributed by atoms with Crippen LogP contribution in [0.3, 0.4) is 0 Å². The van der Waals surface area contributed by atoms with Gasteiger partial charge in [-0.25, -0.2) is 0 Å². The summed E-state index contributed by atoms with van der Waals surface area (Å²) in [6, 6.07) is 6.40. The highest BCUT2D eigenvalue weighted by molar-refractivity contribution is 6.00. The molecule has 1 rings (SSSR count). The van der Waals surface area contributed by atoms with Crippen molar-refractivity contribution in [3.63, 3.8) is 0 Å². The molecular weight excluding hydrogens is 263 g/mol. The summed E-state index contributed by atoms with van der Waals surface area (Å²) in [4.78, 5) is 21.6. The van der Waals surface area contributed by atoms with Crippen molar-refractivity contribution in [3.05, 3.63) is 29.8 Å². The van der Waals surface area contributed by atoms with Gasteiger partial charge in [-0.05, 0) is 18.1 Å². The molecule has 0 saturated carbocycles. The lowest BCUT2D eigenvalue weighted by molar-refractivity contribution is -0.172. The minimum Gasteiger partial charge on any atom is -0.508 e. The first-order valence-corrected chi connectivity index (χ1v) is 5.44. The number of amides is 1. The number of halogens is 3. The average Bonchev–Trinajstić information content (AvgIpc) is 2.30. The molecular formula is C12H12F3NO3. The molecule has 0 aliphatic carbocycles. The Morgan fingerprint density at radius 1 is 1.21 bits per heavy atom. The normalized spacial score (nSPS) is 11.1. The van der Waals surface area contributed by atoms with E-state index in [4.69, 9.17) is 0 Å². The van der Waals surface area contributed by atoms with Crippen molar-refractivity contribution in [2.45, 2.75) is 19.0 Å². The van der Waals surface area contributed by atoms with Crippen molar-refractivity contribution in [2.24, 2.45) is 0 Å². The Hall–Kier alpha value is -2.05. The number of para-hydroxylation sites is 1. The van der Waals surface area contributed by atoms with Crippen molar-refractivity contribution in [1.82, 2.24) is 5.32 Å². The number of phenolic OH excluding ortho intramolecular Hbond substituents is 1. The third-order valence-corrected chi connectivity index (χ3v) is 2.35. The number of rotatable bonds is 5. The second-order valence-electron chi connectivity index (χ2n) is 3.83. The van der Waals surface area contributed by atoms with Crippen molar-refractivity contribution < 1.29 is 27.9 Å². The van der Waals surface area contributed by atoms with E-state index in [0.717, 1.165) is 0 Å². The summed E-state index contributed by atoms with van der Waals surface area (Å²) in [7, 11) is 0. The molecule has 0 radical (unpaired) electrons. The highest BCUT2D eigenvalue weighted by Gasteiger charge is 2.39. The van der Waals surface area contributed by atoms with E-state index < -0.39 is 24.3 Å². The number of carbonyl (C=O) groups is 2. The maximum atomic E-state index is 11.9. The highest BCUT2D eigenvalue weighted by atomic mass is 19.4. The predicted octanol–water partition coefficient (Wildman–Crippen LogP) is 1.57. The molecule has 1 aromatic rings. The summed E-state index contributed by atoms with van der Waals surface area (Å²) >= 11 is 0. The van der Waals surface area contributed by atoms with Crippen LogP contribution in [0.5, 0.6) is 5.75 Å². The minimum absolute atomic E-state index is 0.0432. The van der Waals surface area contributed by atoms with E-state index in [1.165, 1.54) is 6.07 Å². The van der Waals surface area contributed by atoms with Crippen LogP contribution in [0.1, 0.15) is 12.0 Å². The summed E-state index contributed by atoms with van der Waals surface area (Å²) in [6.07, 6.45) is -5.95. The van der Waals surface area contributed by atoms with E-state index in [0.29, 0.717) is 5.56 Å². The molecule has 0 bridgehead atoms.